The number of benzene rings is 1. The van der Waals surface area contributed by atoms with Crippen molar-refractivity contribution < 1.29 is 0 Å². The highest BCUT2D eigenvalue weighted by Gasteiger charge is 2.11. The highest BCUT2D eigenvalue weighted by atomic mass is 35.5. The van der Waals surface area contributed by atoms with E-state index in [1.807, 2.05) is 25.1 Å². The first-order valence-electron chi connectivity index (χ1n) is 5.54. The van der Waals surface area contributed by atoms with Crippen molar-refractivity contribution in [1.29, 1.82) is 0 Å². The lowest BCUT2D eigenvalue weighted by Crippen LogP contribution is -1.98. The van der Waals surface area contributed by atoms with Gasteiger partial charge in [0.05, 0.1) is 17.0 Å². The summed E-state index contributed by atoms with van der Waals surface area (Å²) in [6.45, 7) is 1.94. The summed E-state index contributed by atoms with van der Waals surface area (Å²) in [7, 11) is 0. The maximum atomic E-state index is 6.24. The van der Waals surface area contributed by atoms with E-state index in [0.717, 1.165) is 11.3 Å². The molecule has 19 heavy (non-hydrogen) atoms. The number of aryl methyl sites for hydroxylation is 1. The molecule has 2 aromatic heterocycles. The zero-order chi connectivity index (χ0) is 13.4. The number of aromatic nitrogens is 4. The number of aromatic amines is 1. The second-order valence-electron chi connectivity index (χ2n) is 4.00. The fourth-order valence-electron chi connectivity index (χ4n) is 1.77. The molecule has 7 heteroatoms. The van der Waals surface area contributed by atoms with Gasteiger partial charge in [-0.25, -0.2) is 4.98 Å². The predicted molar refractivity (Wildman–Crippen MR) is 76.2 cm³/mol. The van der Waals surface area contributed by atoms with Crippen molar-refractivity contribution in [2.24, 2.45) is 0 Å². The molecule has 2 N–H and O–H groups in total. The number of H-pyrrole nitrogens is 1. The van der Waals surface area contributed by atoms with Gasteiger partial charge in [-0.3, -0.25) is 0 Å². The second kappa shape index (κ2) is 4.68. The maximum Gasteiger partial charge on any atom is 0.226 e. The lowest BCUT2D eigenvalue weighted by atomic mass is 10.2. The van der Waals surface area contributed by atoms with Crippen LogP contribution in [0.3, 0.4) is 0 Å². The number of imidazole rings is 1. The topological polar surface area (TPSA) is 66.5 Å². The lowest BCUT2D eigenvalue weighted by Gasteiger charge is -2.09. The monoisotopic (exact) mass is 293 g/mol. The Bertz CT molecular complexity index is 753. The molecule has 0 radical (unpaired) electrons. The second-order valence-corrected chi connectivity index (χ2v) is 4.72. The molecule has 0 unspecified atom stereocenters. The first kappa shape index (κ1) is 12.2. The van der Waals surface area contributed by atoms with Gasteiger partial charge in [0, 0.05) is 0 Å². The molecule has 0 aliphatic heterocycles. The summed E-state index contributed by atoms with van der Waals surface area (Å²) in [6.07, 6.45) is 1.54. The molecule has 3 aromatic rings. The van der Waals surface area contributed by atoms with Crippen molar-refractivity contribution in [1.82, 2.24) is 19.9 Å². The number of rotatable bonds is 2. The molecule has 96 valence electrons. The van der Waals surface area contributed by atoms with Gasteiger partial charge in [-0.1, -0.05) is 23.7 Å². The smallest absolute Gasteiger partial charge is 0.226 e. The third-order valence-corrected chi connectivity index (χ3v) is 3.37. The van der Waals surface area contributed by atoms with Crippen molar-refractivity contribution in [2.45, 2.75) is 6.92 Å². The third-order valence-electron chi connectivity index (χ3n) is 2.70. The molecule has 2 heterocycles. The van der Waals surface area contributed by atoms with Gasteiger partial charge in [-0.05, 0) is 30.2 Å². The average Bonchev–Trinajstić information content (AvgIpc) is 2.83. The van der Waals surface area contributed by atoms with Crippen LogP contribution in [0, 0.1) is 6.92 Å². The fraction of sp³-hybridized carbons (Fsp3) is 0.0833. The predicted octanol–water partition coefficient (Wildman–Crippen LogP) is 3.71. The van der Waals surface area contributed by atoms with E-state index in [9.17, 15) is 0 Å². The van der Waals surface area contributed by atoms with E-state index in [2.05, 4.69) is 25.3 Å². The molecular weight excluding hydrogens is 285 g/mol. The number of anilines is 2. The standard InChI is InChI=1S/C12H9Cl2N5/c1-6-3-2-4-7(8(6)13)17-11-9-10(16-5-15-9)18-12(14)19-11/h2-5H,1H3,(H2,15,16,17,18,19). The molecule has 0 bridgehead atoms. The molecule has 3 rings (SSSR count). The van der Waals surface area contributed by atoms with Crippen molar-refractivity contribution in [3.8, 4) is 0 Å². The SMILES string of the molecule is Cc1cccc(Nc2nc(Cl)nc3nc[nH]c23)c1Cl. The molecule has 0 aliphatic rings. The van der Waals surface area contributed by atoms with Crippen LogP contribution in [0.25, 0.3) is 11.2 Å². The van der Waals surface area contributed by atoms with Gasteiger partial charge < -0.3 is 10.3 Å². The van der Waals surface area contributed by atoms with Crippen LogP contribution in [0.5, 0.6) is 0 Å². The molecule has 0 fully saturated rings. The molecule has 0 amide bonds. The normalized spacial score (nSPS) is 10.9. The number of nitrogens with zero attached hydrogens (tertiary/aromatic N) is 3. The molecular formula is C12H9Cl2N5. The van der Waals surface area contributed by atoms with E-state index in [0.29, 0.717) is 22.0 Å². The molecule has 0 saturated heterocycles. The Morgan fingerprint density at radius 1 is 1.21 bits per heavy atom. The Labute approximate surface area is 119 Å². The summed E-state index contributed by atoms with van der Waals surface area (Å²) in [5.74, 6) is 0.542. The number of fused-ring (bicyclic) bond motifs is 1. The van der Waals surface area contributed by atoms with Crippen molar-refractivity contribution in [3.63, 3.8) is 0 Å². The molecule has 0 saturated carbocycles. The molecule has 0 atom stereocenters. The lowest BCUT2D eigenvalue weighted by molar-refractivity contribution is 1.20. The van der Waals surface area contributed by atoms with Crippen LogP contribution in [0.1, 0.15) is 5.56 Å². The van der Waals surface area contributed by atoms with E-state index >= 15 is 0 Å². The van der Waals surface area contributed by atoms with Crippen LogP contribution >= 0.6 is 23.2 Å². The fourth-order valence-corrected chi connectivity index (χ4v) is 2.11. The average molecular weight is 294 g/mol. The minimum Gasteiger partial charge on any atom is -0.340 e. The minimum atomic E-state index is 0.130. The summed E-state index contributed by atoms with van der Waals surface area (Å²) in [6, 6.07) is 5.72. The van der Waals surface area contributed by atoms with Gasteiger partial charge in [0.1, 0.15) is 5.52 Å². The Morgan fingerprint density at radius 2 is 2.05 bits per heavy atom. The number of hydrogen-bond acceptors (Lipinski definition) is 4. The Kier molecular flexibility index (Phi) is 3.00. The number of halogens is 2. The zero-order valence-corrected chi connectivity index (χ0v) is 11.4. The quantitative estimate of drug-likeness (QED) is 0.707. The van der Waals surface area contributed by atoms with E-state index in [-0.39, 0.29) is 5.28 Å². The van der Waals surface area contributed by atoms with Gasteiger partial charge in [-0.2, -0.15) is 9.97 Å². The third kappa shape index (κ3) is 2.22. The molecule has 1 aromatic carbocycles. The van der Waals surface area contributed by atoms with Crippen LogP contribution < -0.4 is 5.32 Å². The van der Waals surface area contributed by atoms with Gasteiger partial charge >= 0.3 is 0 Å². The van der Waals surface area contributed by atoms with Crippen LogP contribution in [0.4, 0.5) is 11.5 Å². The Balaban J connectivity index is 2.10. The Hall–Kier alpha value is -1.85. The first-order chi connectivity index (χ1) is 9.15. The largest absolute Gasteiger partial charge is 0.340 e. The van der Waals surface area contributed by atoms with E-state index in [1.165, 1.54) is 0 Å². The Morgan fingerprint density at radius 3 is 2.89 bits per heavy atom. The van der Waals surface area contributed by atoms with Crippen molar-refractivity contribution in [3.05, 3.63) is 40.4 Å². The van der Waals surface area contributed by atoms with Gasteiger partial charge in [-0.15, -0.1) is 0 Å². The van der Waals surface area contributed by atoms with Crippen LogP contribution in [-0.2, 0) is 0 Å². The van der Waals surface area contributed by atoms with Crippen LogP contribution in [0.2, 0.25) is 10.3 Å². The van der Waals surface area contributed by atoms with Crippen molar-refractivity contribution in [2.75, 3.05) is 5.32 Å². The molecule has 0 aliphatic carbocycles. The van der Waals surface area contributed by atoms with Crippen LogP contribution in [-0.4, -0.2) is 19.9 Å². The summed E-state index contributed by atoms with van der Waals surface area (Å²) < 4.78 is 0. The molecule has 0 spiro atoms. The maximum absolute atomic E-state index is 6.24. The zero-order valence-electron chi connectivity index (χ0n) is 9.91. The summed E-state index contributed by atoms with van der Waals surface area (Å²) in [4.78, 5) is 15.2. The van der Waals surface area contributed by atoms with E-state index in [1.54, 1.807) is 6.33 Å². The van der Waals surface area contributed by atoms with Gasteiger partial charge in [0.25, 0.3) is 0 Å². The number of hydrogen-bond donors (Lipinski definition) is 2. The summed E-state index contributed by atoms with van der Waals surface area (Å²) in [5.41, 5.74) is 2.92. The van der Waals surface area contributed by atoms with E-state index in [4.69, 9.17) is 23.2 Å². The van der Waals surface area contributed by atoms with Crippen molar-refractivity contribution >= 4 is 45.9 Å². The van der Waals surface area contributed by atoms with Crippen LogP contribution in [0.15, 0.2) is 24.5 Å². The molecule has 5 nitrogen and oxygen atoms in total. The van der Waals surface area contributed by atoms with E-state index < -0.39 is 0 Å². The highest BCUT2D eigenvalue weighted by Crippen LogP contribution is 2.29. The summed E-state index contributed by atoms with van der Waals surface area (Å²) >= 11 is 12.1. The summed E-state index contributed by atoms with van der Waals surface area (Å²) in [5, 5.41) is 3.92. The first-order valence-corrected chi connectivity index (χ1v) is 6.29. The minimum absolute atomic E-state index is 0.130. The van der Waals surface area contributed by atoms with Gasteiger partial charge in [0.15, 0.2) is 11.5 Å². The van der Waals surface area contributed by atoms with Gasteiger partial charge in [0.2, 0.25) is 5.28 Å². The highest BCUT2D eigenvalue weighted by molar-refractivity contribution is 6.34. The number of nitrogens with one attached hydrogen (secondary N) is 2.